The number of aryl methyl sites for hydroxylation is 1. The van der Waals surface area contributed by atoms with E-state index in [0.29, 0.717) is 5.56 Å². The van der Waals surface area contributed by atoms with Crippen LogP contribution in [0.1, 0.15) is 22.3 Å². The number of benzene rings is 2. The summed E-state index contributed by atoms with van der Waals surface area (Å²) in [7, 11) is 0. The quantitative estimate of drug-likeness (QED) is 0.533. The molecule has 0 atom stereocenters. The summed E-state index contributed by atoms with van der Waals surface area (Å²) < 4.78 is 0. The molecule has 1 heterocycles. The smallest absolute Gasteiger partial charge is 0.271 e. The van der Waals surface area contributed by atoms with Crippen molar-refractivity contribution < 1.29 is 4.79 Å². The van der Waals surface area contributed by atoms with E-state index in [-0.39, 0.29) is 5.91 Å². The molecular weight excluding hydrogens is 262 g/mol. The summed E-state index contributed by atoms with van der Waals surface area (Å²) >= 11 is 0. The molecule has 1 aliphatic rings. The van der Waals surface area contributed by atoms with Crippen molar-refractivity contribution in [1.82, 2.24) is 5.43 Å². The van der Waals surface area contributed by atoms with E-state index in [4.69, 9.17) is 0 Å². The Balaban J connectivity index is 1.66. The molecule has 0 saturated heterocycles. The summed E-state index contributed by atoms with van der Waals surface area (Å²) in [4.78, 5) is 14.0. The van der Waals surface area contributed by atoms with Gasteiger partial charge in [-0.2, -0.15) is 5.10 Å². The molecule has 0 fully saturated rings. The lowest BCUT2D eigenvalue weighted by Gasteiger charge is -2.27. The van der Waals surface area contributed by atoms with Crippen LogP contribution in [-0.2, 0) is 6.42 Å². The number of anilines is 1. The largest absolute Gasteiger partial charge is 0.331 e. The molecule has 4 nitrogen and oxygen atoms in total. The SMILES string of the molecule is O=C(N/N=C/N1CCCc2ccccc21)c1ccccc1. The molecular formula is C17H17N3O. The van der Waals surface area contributed by atoms with Gasteiger partial charge in [0, 0.05) is 17.8 Å². The molecule has 0 bridgehead atoms. The molecule has 0 saturated carbocycles. The minimum atomic E-state index is -0.197. The maximum absolute atomic E-state index is 11.9. The fourth-order valence-electron chi connectivity index (χ4n) is 2.49. The molecule has 1 amide bonds. The van der Waals surface area contributed by atoms with Gasteiger partial charge in [-0.25, -0.2) is 5.43 Å². The normalized spacial score (nSPS) is 14.0. The molecule has 21 heavy (non-hydrogen) atoms. The number of hydrazone groups is 1. The molecule has 0 spiro atoms. The highest BCUT2D eigenvalue weighted by Crippen LogP contribution is 2.25. The van der Waals surface area contributed by atoms with E-state index in [1.54, 1.807) is 18.5 Å². The van der Waals surface area contributed by atoms with Crippen molar-refractivity contribution in [3.63, 3.8) is 0 Å². The molecule has 106 valence electrons. The van der Waals surface area contributed by atoms with Crippen molar-refractivity contribution in [2.24, 2.45) is 5.10 Å². The lowest BCUT2D eigenvalue weighted by molar-refractivity contribution is 0.0955. The zero-order chi connectivity index (χ0) is 14.5. The number of rotatable bonds is 3. The van der Waals surface area contributed by atoms with Gasteiger partial charge in [-0.15, -0.1) is 0 Å². The molecule has 3 rings (SSSR count). The summed E-state index contributed by atoms with van der Waals surface area (Å²) in [6, 6.07) is 17.4. The van der Waals surface area contributed by atoms with Gasteiger partial charge in [-0.1, -0.05) is 36.4 Å². The monoisotopic (exact) mass is 279 g/mol. The summed E-state index contributed by atoms with van der Waals surface area (Å²) in [6.07, 6.45) is 3.88. The Morgan fingerprint density at radius 3 is 2.71 bits per heavy atom. The summed E-state index contributed by atoms with van der Waals surface area (Å²) in [6.45, 7) is 0.918. The van der Waals surface area contributed by atoms with Crippen molar-refractivity contribution in [2.75, 3.05) is 11.4 Å². The van der Waals surface area contributed by atoms with Crippen LogP contribution >= 0.6 is 0 Å². The number of amides is 1. The van der Waals surface area contributed by atoms with E-state index in [1.807, 2.05) is 24.3 Å². The second kappa shape index (κ2) is 6.22. The van der Waals surface area contributed by atoms with E-state index in [9.17, 15) is 4.79 Å². The van der Waals surface area contributed by atoms with Gasteiger partial charge in [-0.3, -0.25) is 4.79 Å². The molecule has 1 aliphatic heterocycles. The zero-order valence-electron chi connectivity index (χ0n) is 11.7. The van der Waals surface area contributed by atoms with E-state index in [1.165, 1.54) is 11.3 Å². The van der Waals surface area contributed by atoms with Crippen LogP contribution in [0.4, 0.5) is 5.69 Å². The molecule has 0 unspecified atom stereocenters. The molecule has 4 heteroatoms. The van der Waals surface area contributed by atoms with Gasteiger partial charge < -0.3 is 4.90 Å². The molecule has 0 aromatic heterocycles. The first-order valence-electron chi connectivity index (χ1n) is 7.08. The van der Waals surface area contributed by atoms with Crippen LogP contribution in [0.3, 0.4) is 0 Å². The standard InChI is InChI=1S/C17H17N3O/c21-17(15-8-2-1-3-9-15)19-18-13-20-12-6-10-14-7-4-5-11-16(14)20/h1-5,7-9,11,13H,6,10,12H2,(H,19,21)/b18-13+. The number of hydrogen-bond acceptors (Lipinski definition) is 2. The van der Waals surface area contributed by atoms with E-state index < -0.39 is 0 Å². The second-order valence-corrected chi connectivity index (χ2v) is 4.98. The lowest BCUT2D eigenvalue weighted by atomic mass is 10.0. The van der Waals surface area contributed by atoms with Crippen molar-refractivity contribution in [3.05, 3.63) is 65.7 Å². The van der Waals surface area contributed by atoms with Gasteiger partial charge in [0.05, 0.1) is 0 Å². The van der Waals surface area contributed by atoms with Crippen molar-refractivity contribution in [2.45, 2.75) is 12.8 Å². The van der Waals surface area contributed by atoms with Crippen LogP contribution in [0.2, 0.25) is 0 Å². The predicted octanol–water partition coefficient (Wildman–Crippen LogP) is 2.81. The third-order valence-corrected chi connectivity index (χ3v) is 3.55. The van der Waals surface area contributed by atoms with Crippen molar-refractivity contribution in [1.29, 1.82) is 0 Å². The molecule has 2 aromatic carbocycles. The number of nitrogens with one attached hydrogen (secondary N) is 1. The lowest BCUT2D eigenvalue weighted by Crippen LogP contribution is -2.29. The minimum Gasteiger partial charge on any atom is -0.331 e. The Morgan fingerprint density at radius 2 is 1.86 bits per heavy atom. The third-order valence-electron chi connectivity index (χ3n) is 3.55. The van der Waals surface area contributed by atoms with Crippen LogP contribution in [0.25, 0.3) is 0 Å². The highest BCUT2D eigenvalue weighted by atomic mass is 16.2. The van der Waals surface area contributed by atoms with Gasteiger partial charge in [0.1, 0.15) is 6.34 Å². The first kappa shape index (κ1) is 13.4. The predicted molar refractivity (Wildman–Crippen MR) is 84.5 cm³/mol. The van der Waals surface area contributed by atoms with Crippen LogP contribution in [0.15, 0.2) is 59.7 Å². The Kier molecular flexibility index (Phi) is 3.96. The Morgan fingerprint density at radius 1 is 1.10 bits per heavy atom. The van der Waals surface area contributed by atoms with Crippen molar-refractivity contribution >= 4 is 17.9 Å². The number of carbonyl (C=O) groups is 1. The Labute approximate surface area is 124 Å². The minimum absolute atomic E-state index is 0.197. The maximum Gasteiger partial charge on any atom is 0.271 e. The number of nitrogens with zero attached hydrogens (tertiary/aromatic N) is 2. The molecule has 2 aromatic rings. The highest BCUT2D eigenvalue weighted by molar-refractivity contribution is 5.94. The molecule has 0 radical (unpaired) electrons. The average molecular weight is 279 g/mol. The average Bonchev–Trinajstić information content (AvgIpc) is 2.56. The molecule has 0 aliphatic carbocycles. The van der Waals surface area contributed by atoms with Gasteiger partial charge in [0.2, 0.25) is 0 Å². The third kappa shape index (κ3) is 3.11. The van der Waals surface area contributed by atoms with Crippen LogP contribution in [-0.4, -0.2) is 18.8 Å². The van der Waals surface area contributed by atoms with Crippen molar-refractivity contribution in [3.8, 4) is 0 Å². The summed E-state index contributed by atoms with van der Waals surface area (Å²) in [5.74, 6) is -0.197. The summed E-state index contributed by atoms with van der Waals surface area (Å²) in [5.41, 5.74) is 5.66. The number of hydrogen-bond donors (Lipinski definition) is 1. The number of para-hydroxylation sites is 1. The maximum atomic E-state index is 11.9. The number of carbonyl (C=O) groups excluding carboxylic acids is 1. The van der Waals surface area contributed by atoms with Gasteiger partial charge >= 0.3 is 0 Å². The topological polar surface area (TPSA) is 44.7 Å². The van der Waals surface area contributed by atoms with E-state index in [0.717, 1.165) is 19.4 Å². The fourth-order valence-corrected chi connectivity index (χ4v) is 2.49. The molecule has 1 N–H and O–H groups in total. The fraction of sp³-hybridized carbons (Fsp3) is 0.176. The Bertz CT molecular complexity index is 652. The van der Waals surface area contributed by atoms with Crippen LogP contribution in [0.5, 0.6) is 0 Å². The number of fused-ring (bicyclic) bond motifs is 1. The van der Waals surface area contributed by atoms with Gasteiger partial charge in [0.25, 0.3) is 5.91 Å². The van der Waals surface area contributed by atoms with Crippen LogP contribution in [0, 0.1) is 0 Å². The first-order chi connectivity index (χ1) is 10.3. The first-order valence-corrected chi connectivity index (χ1v) is 7.08. The van der Waals surface area contributed by atoms with Gasteiger partial charge in [-0.05, 0) is 36.6 Å². The zero-order valence-corrected chi connectivity index (χ0v) is 11.7. The second-order valence-electron chi connectivity index (χ2n) is 4.98. The Hall–Kier alpha value is -2.62. The van der Waals surface area contributed by atoms with E-state index in [2.05, 4.69) is 33.6 Å². The van der Waals surface area contributed by atoms with E-state index >= 15 is 0 Å². The highest BCUT2D eigenvalue weighted by Gasteiger charge is 2.14. The van der Waals surface area contributed by atoms with Crippen LogP contribution < -0.4 is 10.3 Å². The van der Waals surface area contributed by atoms with Gasteiger partial charge in [0.15, 0.2) is 0 Å². The summed E-state index contributed by atoms with van der Waals surface area (Å²) in [5, 5.41) is 4.07.